The Labute approximate surface area is 326 Å². The van der Waals surface area contributed by atoms with E-state index < -0.39 is 0 Å². The third kappa shape index (κ3) is 4.40. The van der Waals surface area contributed by atoms with Crippen LogP contribution in [0, 0.1) is 6.92 Å². The Balaban J connectivity index is 1.21. The second-order valence-electron chi connectivity index (χ2n) is 14.6. The van der Waals surface area contributed by atoms with Gasteiger partial charge < -0.3 is 9.13 Å². The summed E-state index contributed by atoms with van der Waals surface area (Å²) < 4.78 is 7.62. The Hall–Kier alpha value is -7.08. The van der Waals surface area contributed by atoms with Gasteiger partial charge in [0.25, 0.3) is 0 Å². The lowest BCUT2D eigenvalue weighted by Crippen LogP contribution is -2.00. The average molecular weight is 733 g/mol. The van der Waals surface area contributed by atoms with Crippen LogP contribution in [0.25, 0.3) is 109 Å². The zero-order valence-corrected chi connectivity index (χ0v) is 31.3. The standard InChI is InChI=1S/C51H32N4S/c1-31-30-34(28-29-35(31)51-52-40-24-12-8-20-36(40)47(53-51)32-16-4-2-5-17-32)55-41-25-13-9-21-37(41)44-45-39-23-11-15-27-43(39)56-50(45)46-38-22-10-14-26-42(38)54(49(46)48(44)55)33-18-6-3-7-19-33/h2-30H,1H3. The minimum Gasteiger partial charge on any atom is -0.307 e. The van der Waals surface area contributed by atoms with Crippen molar-refractivity contribution in [2.45, 2.75) is 6.92 Å². The van der Waals surface area contributed by atoms with Crippen molar-refractivity contribution < 1.29 is 0 Å². The highest BCUT2D eigenvalue weighted by Crippen LogP contribution is 2.51. The number of nitrogens with zero attached hydrogens (tertiary/aromatic N) is 4. The van der Waals surface area contributed by atoms with E-state index >= 15 is 0 Å². The number of thiophene rings is 1. The fourth-order valence-electron chi connectivity index (χ4n) is 9.05. The zero-order valence-electron chi connectivity index (χ0n) is 30.4. The molecule has 0 saturated carbocycles. The van der Waals surface area contributed by atoms with Crippen LogP contribution in [-0.2, 0) is 0 Å². The predicted octanol–water partition coefficient (Wildman–Crippen LogP) is 13.8. The Kier molecular flexibility index (Phi) is 6.68. The quantitative estimate of drug-likeness (QED) is 0.181. The van der Waals surface area contributed by atoms with Crippen LogP contribution in [0.4, 0.5) is 0 Å². The van der Waals surface area contributed by atoms with E-state index in [9.17, 15) is 0 Å². The van der Waals surface area contributed by atoms with Crippen molar-refractivity contribution in [3.63, 3.8) is 0 Å². The first-order valence-electron chi connectivity index (χ1n) is 19.0. The summed E-state index contributed by atoms with van der Waals surface area (Å²) in [4.78, 5) is 10.4. The molecular weight excluding hydrogens is 701 g/mol. The molecule has 8 aromatic carbocycles. The van der Waals surface area contributed by atoms with Crippen LogP contribution in [-0.4, -0.2) is 19.1 Å². The van der Waals surface area contributed by atoms with E-state index in [2.05, 4.69) is 186 Å². The number of para-hydroxylation sites is 4. The number of hydrogen-bond donors (Lipinski definition) is 0. The number of fused-ring (bicyclic) bond motifs is 13. The van der Waals surface area contributed by atoms with Gasteiger partial charge in [-0.1, -0.05) is 121 Å². The van der Waals surface area contributed by atoms with Crippen molar-refractivity contribution in [3.8, 4) is 34.0 Å². The highest BCUT2D eigenvalue weighted by atomic mass is 32.1. The monoisotopic (exact) mass is 732 g/mol. The number of rotatable bonds is 4. The molecule has 4 nitrogen and oxygen atoms in total. The summed E-state index contributed by atoms with van der Waals surface area (Å²) in [5.41, 5.74) is 12.1. The Bertz CT molecular complexity index is 3540. The summed E-state index contributed by atoms with van der Waals surface area (Å²) in [6.07, 6.45) is 0. The van der Waals surface area contributed by atoms with E-state index in [1.54, 1.807) is 0 Å². The van der Waals surface area contributed by atoms with Crippen LogP contribution in [0.5, 0.6) is 0 Å². The topological polar surface area (TPSA) is 35.6 Å². The van der Waals surface area contributed by atoms with Gasteiger partial charge in [0.2, 0.25) is 0 Å². The number of hydrogen-bond acceptors (Lipinski definition) is 3. The zero-order chi connectivity index (χ0) is 36.9. The molecule has 5 heteroatoms. The molecule has 0 bridgehead atoms. The second-order valence-corrected chi connectivity index (χ2v) is 15.6. The fourth-order valence-corrected chi connectivity index (χ4v) is 10.3. The van der Waals surface area contributed by atoms with Crippen LogP contribution in [0.15, 0.2) is 176 Å². The second kappa shape index (κ2) is 12.0. The highest BCUT2D eigenvalue weighted by molar-refractivity contribution is 7.27. The molecule has 0 unspecified atom stereocenters. The highest BCUT2D eigenvalue weighted by Gasteiger charge is 2.27. The van der Waals surface area contributed by atoms with Gasteiger partial charge in [0.15, 0.2) is 5.82 Å². The summed E-state index contributed by atoms with van der Waals surface area (Å²) in [6, 6.07) is 63.1. The van der Waals surface area contributed by atoms with Crippen molar-refractivity contribution in [1.29, 1.82) is 0 Å². The SMILES string of the molecule is Cc1cc(-n2c3ccccc3c3c4c5ccccc5sc4c4c5ccccc5n(-c5ccccc5)c4c32)ccc1-c1nc(-c2ccccc2)c2ccccc2n1. The van der Waals surface area contributed by atoms with Gasteiger partial charge in [0, 0.05) is 69.6 Å². The summed E-state index contributed by atoms with van der Waals surface area (Å²) >= 11 is 1.91. The number of aryl methyl sites for hydroxylation is 1. The largest absolute Gasteiger partial charge is 0.307 e. The van der Waals surface area contributed by atoms with Crippen molar-refractivity contribution >= 4 is 86.0 Å². The molecule has 0 aliphatic heterocycles. The maximum Gasteiger partial charge on any atom is 0.160 e. The van der Waals surface area contributed by atoms with E-state index in [1.807, 2.05) is 17.4 Å². The molecule has 0 spiro atoms. The summed E-state index contributed by atoms with van der Waals surface area (Å²) in [5, 5.41) is 8.76. The van der Waals surface area contributed by atoms with Crippen molar-refractivity contribution in [2.75, 3.05) is 0 Å². The molecule has 0 amide bonds. The molecule has 0 aliphatic rings. The van der Waals surface area contributed by atoms with Gasteiger partial charge in [-0.2, -0.15) is 0 Å². The molecule has 12 rings (SSSR count). The average Bonchev–Trinajstić information content (AvgIpc) is 3.92. The Morgan fingerprint density at radius 3 is 1.80 bits per heavy atom. The molecule has 4 aromatic heterocycles. The van der Waals surface area contributed by atoms with Gasteiger partial charge in [-0.3, -0.25) is 0 Å². The van der Waals surface area contributed by atoms with E-state index in [-0.39, 0.29) is 0 Å². The van der Waals surface area contributed by atoms with Gasteiger partial charge in [-0.25, -0.2) is 9.97 Å². The molecule has 0 fully saturated rings. The Morgan fingerprint density at radius 2 is 1.05 bits per heavy atom. The van der Waals surface area contributed by atoms with Crippen molar-refractivity contribution in [1.82, 2.24) is 19.1 Å². The lowest BCUT2D eigenvalue weighted by atomic mass is 10.0. The minimum atomic E-state index is 0.729. The van der Waals surface area contributed by atoms with Crippen molar-refractivity contribution in [3.05, 3.63) is 181 Å². The third-order valence-electron chi connectivity index (χ3n) is 11.4. The molecule has 0 atom stereocenters. The molecule has 0 saturated heterocycles. The van der Waals surface area contributed by atoms with E-state index in [0.29, 0.717) is 0 Å². The van der Waals surface area contributed by atoms with E-state index in [1.165, 1.54) is 63.8 Å². The van der Waals surface area contributed by atoms with E-state index in [4.69, 9.17) is 9.97 Å². The van der Waals surface area contributed by atoms with Crippen LogP contribution in [0.3, 0.4) is 0 Å². The molecule has 0 radical (unpaired) electrons. The van der Waals surface area contributed by atoms with Crippen LogP contribution in [0.1, 0.15) is 5.56 Å². The lowest BCUT2D eigenvalue weighted by molar-refractivity contribution is 1.14. The number of benzene rings is 8. The summed E-state index contributed by atoms with van der Waals surface area (Å²) in [6.45, 7) is 2.19. The van der Waals surface area contributed by atoms with Crippen molar-refractivity contribution in [2.24, 2.45) is 0 Å². The first-order valence-corrected chi connectivity index (χ1v) is 19.8. The maximum absolute atomic E-state index is 5.24. The van der Waals surface area contributed by atoms with Crippen LogP contribution >= 0.6 is 11.3 Å². The summed E-state index contributed by atoms with van der Waals surface area (Å²) in [7, 11) is 0. The lowest BCUT2D eigenvalue weighted by Gasteiger charge is -2.15. The molecular formula is C51H32N4S. The van der Waals surface area contributed by atoms with E-state index in [0.717, 1.165) is 50.5 Å². The molecule has 12 aromatic rings. The first kappa shape index (κ1) is 31.3. The van der Waals surface area contributed by atoms with Crippen LogP contribution < -0.4 is 0 Å². The maximum atomic E-state index is 5.24. The van der Waals surface area contributed by atoms with Gasteiger partial charge in [-0.05, 0) is 67.1 Å². The van der Waals surface area contributed by atoms with Crippen LogP contribution in [0.2, 0.25) is 0 Å². The first-order chi connectivity index (χ1) is 27.7. The normalized spacial score (nSPS) is 12.0. The predicted molar refractivity (Wildman–Crippen MR) is 237 cm³/mol. The minimum absolute atomic E-state index is 0.729. The summed E-state index contributed by atoms with van der Waals surface area (Å²) in [5.74, 6) is 0.729. The van der Waals surface area contributed by atoms with Gasteiger partial charge in [-0.15, -0.1) is 11.3 Å². The molecule has 0 aliphatic carbocycles. The van der Waals surface area contributed by atoms with Gasteiger partial charge in [0.05, 0.1) is 33.3 Å². The molecule has 56 heavy (non-hydrogen) atoms. The molecule has 0 N–H and O–H groups in total. The Morgan fingerprint density at radius 1 is 0.464 bits per heavy atom. The molecule has 262 valence electrons. The fraction of sp³-hybridized carbons (Fsp3) is 0.0196. The number of aromatic nitrogens is 4. The van der Waals surface area contributed by atoms with Gasteiger partial charge in [0.1, 0.15) is 0 Å². The third-order valence-corrected chi connectivity index (χ3v) is 12.6. The molecule has 4 heterocycles. The van der Waals surface area contributed by atoms with Gasteiger partial charge >= 0.3 is 0 Å². The smallest absolute Gasteiger partial charge is 0.160 e.